The van der Waals surface area contributed by atoms with Crippen LogP contribution >= 0.6 is 0 Å². The summed E-state index contributed by atoms with van der Waals surface area (Å²) in [7, 11) is 0. The summed E-state index contributed by atoms with van der Waals surface area (Å²) < 4.78 is 14.2. The van der Waals surface area contributed by atoms with Crippen molar-refractivity contribution >= 4 is 34.2 Å². The van der Waals surface area contributed by atoms with Gasteiger partial charge in [-0.05, 0) is 12.2 Å². The number of ether oxygens (including phenoxy) is 2. The Labute approximate surface area is 200 Å². The van der Waals surface area contributed by atoms with Crippen LogP contribution in [0.1, 0.15) is 12.5 Å². The third-order valence-corrected chi connectivity index (χ3v) is 5.42. The SMILES string of the molecule is Nc1nc2c(ncn2[C@H]2C=C[C@@H](CO)O2)c(=O)[nH]1.Nc1nc2c(ncn2[C@H]2C=C[C@@H](CO)O2)c(=O)[nH]1. The lowest BCUT2D eigenvalue weighted by atomic mass is 10.4. The quantitative estimate of drug-likeness (QED) is 0.173. The monoisotopic (exact) mass is 498 g/mol. The molecule has 0 bridgehead atoms. The van der Waals surface area contributed by atoms with Crippen molar-refractivity contribution in [1.29, 1.82) is 0 Å². The van der Waals surface area contributed by atoms with Gasteiger partial charge in [0.2, 0.25) is 11.9 Å². The maximum Gasteiger partial charge on any atom is 0.280 e. The van der Waals surface area contributed by atoms with E-state index in [2.05, 4.69) is 29.9 Å². The molecule has 16 heteroatoms. The molecule has 0 unspecified atom stereocenters. The number of aliphatic hydroxyl groups is 2. The van der Waals surface area contributed by atoms with Gasteiger partial charge in [0, 0.05) is 0 Å². The molecule has 36 heavy (non-hydrogen) atoms. The van der Waals surface area contributed by atoms with Crippen molar-refractivity contribution in [1.82, 2.24) is 39.0 Å². The topological polar surface area (TPSA) is 238 Å². The number of aromatic nitrogens is 8. The number of nitrogens with one attached hydrogen (secondary N) is 2. The van der Waals surface area contributed by atoms with Crippen molar-refractivity contribution < 1.29 is 19.7 Å². The largest absolute Gasteiger partial charge is 0.393 e. The van der Waals surface area contributed by atoms with Crippen LogP contribution in [-0.2, 0) is 9.47 Å². The summed E-state index contributed by atoms with van der Waals surface area (Å²) in [6.45, 7) is -0.203. The smallest absolute Gasteiger partial charge is 0.280 e. The Morgan fingerprint density at radius 2 is 1.19 bits per heavy atom. The average Bonchev–Trinajstić information content (AvgIpc) is 3.63. The van der Waals surface area contributed by atoms with Crippen molar-refractivity contribution in [3.63, 3.8) is 0 Å². The van der Waals surface area contributed by atoms with E-state index < -0.39 is 23.6 Å². The molecule has 6 rings (SSSR count). The van der Waals surface area contributed by atoms with Gasteiger partial charge in [-0.2, -0.15) is 9.97 Å². The lowest BCUT2D eigenvalue weighted by molar-refractivity contribution is -0.00643. The van der Waals surface area contributed by atoms with Crippen LogP contribution < -0.4 is 22.6 Å². The highest BCUT2D eigenvalue weighted by Gasteiger charge is 2.24. The molecular formula is C20H22N10O6. The number of hydrogen-bond donors (Lipinski definition) is 6. The zero-order valence-electron chi connectivity index (χ0n) is 18.6. The van der Waals surface area contributed by atoms with Crippen LogP contribution in [0.4, 0.5) is 11.9 Å². The molecule has 0 saturated carbocycles. The predicted octanol–water partition coefficient (Wildman–Crippen LogP) is -1.70. The van der Waals surface area contributed by atoms with Crippen LogP contribution in [0.2, 0.25) is 0 Å². The van der Waals surface area contributed by atoms with Crippen LogP contribution in [0, 0.1) is 0 Å². The van der Waals surface area contributed by atoms with E-state index in [9.17, 15) is 9.59 Å². The standard InChI is InChI=1S/2C10H11N5O3/c2*11-10-13-8-7(9(17)14-10)12-4-15(8)6-2-1-5(3-16)18-6/h2*1-2,4-6,16H,3H2,(H3,11,13,14,17)/t2*5-,6+/m00/s1. The minimum atomic E-state index is -0.444. The van der Waals surface area contributed by atoms with E-state index in [0.717, 1.165) is 0 Å². The average molecular weight is 498 g/mol. The maximum atomic E-state index is 11.6. The summed E-state index contributed by atoms with van der Waals surface area (Å²) >= 11 is 0. The third-order valence-electron chi connectivity index (χ3n) is 5.42. The zero-order chi connectivity index (χ0) is 25.4. The number of fused-ring (bicyclic) bond motifs is 2. The minimum absolute atomic E-state index is 0.0231. The van der Waals surface area contributed by atoms with Crippen molar-refractivity contribution in [3.05, 3.63) is 57.7 Å². The van der Waals surface area contributed by atoms with E-state index in [1.165, 1.54) is 12.7 Å². The first-order chi connectivity index (χ1) is 17.4. The van der Waals surface area contributed by atoms with E-state index in [4.69, 9.17) is 31.2 Å². The summed E-state index contributed by atoms with van der Waals surface area (Å²) in [5, 5.41) is 18.0. The van der Waals surface area contributed by atoms with Gasteiger partial charge >= 0.3 is 0 Å². The maximum absolute atomic E-state index is 11.6. The molecule has 0 saturated heterocycles. The number of aromatic amines is 2. The second kappa shape index (κ2) is 9.34. The molecule has 4 aromatic rings. The highest BCUT2D eigenvalue weighted by Crippen LogP contribution is 2.24. The first kappa shape index (κ1) is 23.4. The van der Waals surface area contributed by atoms with E-state index in [-0.39, 0.29) is 48.4 Å². The fourth-order valence-corrected chi connectivity index (χ4v) is 3.76. The molecule has 0 fully saturated rings. The van der Waals surface area contributed by atoms with E-state index >= 15 is 0 Å². The number of aliphatic hydroxyl groups excluding tert-OH is 2. The van der Waals surface area contributed by atoms with Gasteiger partial charge in [-0.1, -0.05) is 12.2 Å². The summed E-state index contributed by atoms with van der Waals surface area (Å²) in [6.07, 6.45) is 8.34. The van der Waals surface area contributed by atoms with Gasteiger partial charge < -0.3 is 31.2 Å². The molecule has 2 aliphatic heterocycles. The number of nitrogens with zero attached hydrogens (tertiary/aromatic N) is 6. The highest BCUT2D eigenvalue weighted by molar-refractivity contribution is 5.71. The Morgan fingerprint density at radius 1 is 0.778 bits per heavy atom. The second-order valence-electron chi connectivity index (χ2n) is 7.82. The first-order valence-electron chi connectivity index (χ1n) is 10.7. The Balaban J connectivity index is 0.000000148. The molecule has 0 radical (unpaired) electrons. The zero-order valence-corrected chi connectivity index (χ0v) is 18.6. The molecule has 2 aliphatic rings. The molecule has 0 spiro atoms. The normalized spacial score (nSPS) is 22.9. The van der Waals surface area contributed by atoms with E-state index in [1.807, 2.05) is 0 Å². The number of imidazole rings is 2. The predicted molar refractivity (Wildman–Crippen MR) is 125 cm³/mol. The van der Waals surface area contributed by atoms with Crippen LogP contribution in [-0.4, -0.2) is 74.7 Å². The molecule has 8 N–H and O–H groups in total. The number of H-pyrrole nitrogens is 2. The number of nitrogen functional groups attached to an aromatic ring is 2. The van der Waals surface area contributed by atoms with Gasteiger partial charge in [0.1, 0.15) is 12.2 Å². The number of nitrogens with two attached hydrogens (primary N) is 2. The molecule has 16 nitrogen and oxygen atoms in total. The number of anilines is 2. The van der Waals surface area contributed by atoms with Gasteiger partial charge in [0.05, 0.1) is 25.9 Å². The summed E-state index contributed by atoms with van der Waals surface area (Å²) in [5.74, 6) is 0.0462. The molecule has 0 amide bonds. The Kier molecular flexibility index (Phi) is 6.06. The second-order valence-corrected chi connectivity index (χ2v) is 7.82. The molecule has 0 aliphatic carbocycles. The molecule has 188 valence electrons. The Bertz CT molecular complexity index is 1470. The number of hydrogen-bond acceptors (Lipinski definition) is 12. The van der Waals surface area contributed by atoms with E-state index in [0.29, 0.717) is 11.3 Å². The minimum Gasteiger partial charge on any atom is -0.393 e. The molecule has 6 heterocycles. The first-order valence-corrected chi connectivity index (χ1v) is 10.7. The fourth-order valence-electron chi connectivity index (χ4n) is 3.76. The highest BCUT2D eigenvalue weighted by atomic mass is 16.5. The van der Waals surface area contributed by atoms with Gasteiger partial charge in [-0.3, -0.25) is 28.7 Å². The lowest BCUT2D eigenvalue weighted by Gasteiger charge is -2.13. The third kappa shape index (κ3) is 4.24. The Morgan fingerprint density at radius 3 is 1.56 bits per heavy atom. The van der Waals surface area contributed by atoms with Gasteiger partial charge in [-0.25, -0.2) is 9.97 Å². The van der Waals surface area contributed by atoms with Gasteiger partial charge in [0.25, 0.3) is 11.1 Å². The van der Waals surface area contributed by atoms with Crippen LogP contribution in [0.3, 0.4) is 0 Å². The van der Waals surface area contributed by atoms with E-state index in [1.54, 1.807) is 33.4 Å². The molecular weight excluding hydrogens is 476 g/mol. The summed E-state index contributed by atoms with van der Waals surface area (Å²) in [4.78, 5) is 44.0. The van der Waals surface area contributed by atoms with Crippen molar-refractivity contribution in [2.75, 3.05) is 24.7 Å². The fraction of sp³-hybridized carbons (Fsp3) is 0.300. The molecule has 4 aromatic heterocycles. The van der Waals surface area contributed by atoms with Crippen LogP contribution in [0.5, 0.6) is 0 Å². The summed E-state index contributed by atoms with van der Waals surface area (Å²) in [6, 6.07) is 0. The van der Waals surface area contributed by atoms with Crippen molar-refractivity contribution in [2.24, 2.45) is 0 Å². The van der Waals surface area contributed by atoms with Gasteiger partial charge in [-0.15, -0.1) is 0 Å². The van der Waals surface area contributed by atoms with Crippen LogP contribution in [0.15, 0.2) is 46.5 Å². The summed E-state index contributed by atoms with van der Waals surface area (Å²) in [5.41, 5.74) is 11.3. The van der Waals surface area contributed by atoms with Gasteiger partial charge in [0.15, 0.2) is 34.8 Å². The molecule has 4 atom stereocenters. The van der Waals surface area contributed by atoms with Crippen LogP contribution in [0.25, 0.3) is 22.3 Å². The van der Waals surface area contributed by atoms with Crippen molar-refractivity contribution in [3.8, 4) is 0 Å². The van der Waals surface area contributed by atoms with Crippen molar-refractivity contribution in [2.45, 2.75) is 24.7 Å². The lowest BCUT2D eigenvalue weighted by Crippen LogP contribution is -2.16. The number of rotatable bonds is 4. The molecule has 0 aromatic carbocycles. The Hall–Kier alpha value is -4.38.